The number of Topliss-reactive ketones (excluding diaryl/α,β-unsaturated/α-hetero) is 2. The van der Waals surface area contributed by atoms with Gasteiger partial charge in [0.15, 0.2) is 11.4 Å². The van der Waals surface area contributed by atoms with Gasteiger partial charge in [0.25, 0.3) is 5.91 Å². The number of phenols is 1. The third kappa shape index (κ3) is 5.01. The first-order valence-electron chi connectivity index (χ1n) is 15.2. The van der Waals surface area contributed by atoms with Gasteiger partial charge in [-0.15, -0.1) is 0 Å². The van der Waals surface area contributed by atoms with Crippen molar-refractivity contribution in [3.8, 4) is 5.75 Å². The second kappa shape index (κ2) is 11.3. The highest BCUT2D eigenvalue weighted by molar-refractivity contribution is 6.24. The molecule has 0 unspecified atom stereocenters. The van der Waals surface area contributed by atoms with Crippen LogP contribution in [0.15, 0.2) is 23.0 Å². The van der Waals surface area contributed by atoms with E-state index < -0.39 is 58.0 Å². The molecule has 234 valence electrons. The highest BCUT2D eigenvalue weighted by Crippen LogP contribution is 2.54. The Bertz CT molecular complexity index is 1430. The van der Waals surface area contributed by atoms with E-state index in [2.05, 4.69) is 11.8 Å². The molecule has 0 aromatic heterocycles. The molecule has 0 bridgehead atoms. The van der Waals surface area contributed by atoms with Gasteiger partial charge in [0.1, 0.15) is 22.8 Å². The molecule has 4 aliphatic rings. The van der Waals surface area contributed by atoms with E-state index >= 15 is 0 Å². The standard InChI is InChI=1S/C32H44N4O7/c1-6-7-10-36(14-16-8-9-16)15-18-13-21(37)23-19(25(18)34(2)3)11-17-12-20-26(35(4)5)28(39)24(31(33)42)30(41)32(20,43)29(40)22(17)27(23)38/h13,16-17,20,26,37-38,41,43H,6-12,14-15H2,1-5H3,(H2,33,42)/t17-,20-,26-,32-/m0/s1. The fourth-order valence-electron chi connectivity index (χ4n) is 7.57. The summed E-state index contributed by atoms with van der Waals surface area (Å²) in [4.78, 5) is 45.5. The SMILES string of the molecule is CCCCN(Cc1cc(O)c2c(c1N(C)C)C[C@H]1C[C@H]3[C@H](N(C)C)C(=O)C(C(N)=O)=C(O)[C@@]3(O)C(=O)C1=C2O)CC1CC1. The van der Waals surface area contributed by atoms with Crippen LogP contribution in [0.25, 0.3) is 5.76 Å². The van der Waals surface area contributed by atoms with E-state index in [1.54, 1.807) is 20.2 Å². The Morgan fingerprint density at radius 3 is 2.35 bits per heavy atom. The number of aromatic hydroxyl groups is 1. The summed E-state index contributed by atoms with van der Waals surface area (Å²) in [6.45, 7) is 4.71. The van der Waals surface area contributed by atoms with Crippen molar-refractivity contribution in [2.45, 2.75) is 63.6 Å². The minimum atomic E-state index is -2.65. The number of ketones is 2. The van der Waals surface area contributed by atoms with Gasteiger partial charge in [-0.05, 0) is 81.8 Å². The van der Waals surface area contributed by atoms with Crippen molar-refractivity contribution >= 4 is 28.9 Å². The number of benzene rings is 1. The Morgan fingerprint density at radius 1 is 1.12 bits per heavy atom. The summed E-state index contributed by atoms with van der Waals surface area (Å²) in [6.07, 6.45) is 4.92. The molecule has 0 radical (unpaired) electrons. The number of primary amides is 1. The topological polar surface area (TPSA) is 168 Å². The maximum atomic E-state index is 14.1. The Balaban J connectivity index is 1.64. The van der Waals surface area contributed by atoms with Crippen LogP contribution in [0.1, 0.15) is 55.7 Å². The second-order valence-electron chi connectivity index (χ2n) is 13.1. The number of carbonyl (C=O) groups excluding carboxylic acids is 3. The average Bonchev–Trinajstić information content (AvgIpc) is 3.72. The van der Waals surface area contributed by atoms with Crippen molar-refractivity contribution in [3.05, 3.63) is 39.7 Å². The number of fused-ring (bicyclic) bond motifs is 3. The third-order valence-electron chi connectivity index (χ3n) is 9.65. The summed E-state index contributed by atoms with van der Waals surface area (Å²) in [5.74, 6) is -5.77. The van der Waals surface area contributed by atoms with Crippen molar-refractivity contribution in [1.82, 2.24) is 9.80 Å². The van der Waals surface area contributed by atoms with Gasteiger partial charge >= 0.3 is 0 Å². The molecule has 1 amide bonds. The molecule has 0 heterocycles. The number of rotatable bonds is 10. The lowest BCUT2D eigenvalue weighted by molar-refractivity contribution is -0.153. The van der Waals surface area contributed by atoms with Crippen molar-refractivity contribution < 1.29 is 34.8 Å². The normalized spacial score (nSPS) is 27.0. The number of anilines is 1. The van der Waals surface area contributed by atoms with Crippen molar-refractivity contribution in [2.75, 3.05) is 46.2 Å². The molecule has 4 atom stereocenters. The number of phenolic OH excluding ortho intramolecular Hbond substituents is 1. The zero-order valence-electron chi connectivity index (χ0n) is 25.7. The van der Waals surface area contributed by atoms with Crippen LogP contribution < -0.4 is 10.6 Å². The molecule has 1 aromatic rings. The highest BCUT2D eigenvalue weighted by Gasteiger charge is 2.64. The summed E-state index contributed by atoms with van der Waals surface area (Å²) >= 11 is 0. The van der Waals surface area contributed by atoms with Crippen LogP contribution in [0.2, 0.25) is 0 Å². The average molecular weight is 597 g/mol. The Hall–Kier alpha value is -3.41. The largest absolute Gasteiger partial charge is 0.508 e. The molecule has 2 saturated carbocycles. The predicted octanol–water partition coefficient (Wildman–Crippen LogP) is 2.04. The predicted molar refractivity (Wildman–Crippen MR) is 161 cm³/mol. The Labute approximate surface area is 252 Å². The van der Waals surface area contributed by atoms with Crippen LogP contribution in [0.5, 0.6) is 5.75 Å². The number of likely N-dealkylation sites (N-methyl/N-ethyl adjacent to an activating group) is 1. The molecule has 0 aliphatic heterocycles. The quantitative estimate of drug-likeness (QED) is 0.252. The van der Waals surface area contributed by atoms with E-state index in [-0.39, 0.29) is 29.7 Å². The van der Waals surface area contributed by atoms with Gasteiger partial charge < -0.3 is 31.1 Å². The van der Waals surface area contributed by atoms with Gasteiger partial charge in [0.2, 0.25) is 5.78 Å². The van der Waals surface area contributed by atoms with Gasteiger partial charge in [-0.2, -0.15) is 0 Å². The van der Waals surface area contributed by atoms with Crippen LogP contribution in [0.4, 0.5) is 5.69 Å². The van der Waals surface area contributed by atoms with Crippen molar-refractivity contribution in [1.29, 1.82) is 0 Å². The molecule has 11 heteroatoms. The molecule has 5 rings (SSSR count). The number of nitrogens with zero attached hydrogens (tertiary/aromatic N) is 3. The number of aliphatic hydroxyl groups is 3. The second-order valence-corrected chi connectivity index (χ2v) is 13.1. The van der Waals surface area contributed by atoms with E-state index in [1.807, 2.05) is 19.0 Å². The first kappa shape index (κ1) is 31.0. The monoisotopic (exact) mass is 596 g/mol. The number of unbranched alkanes of at least 4 members (excludes halogenated alkanes) is 1. The zero-order chi connectivity index (χ0) is 31.5. The maximum Gasteiger partial charge on any atom is 0.255 e. The lowest BCUT2D eigenvalue weighted by Gasteiger charge is -2.50. The fraction of sp³-hybridized carbons (Fsp3) is 0.594. The van der Waals surface area contributed by atoms with E-state index in [1.165, 1.54) is 17.7 Å². The lowest BCUT2D eigenvalue weighted by Crippen LogP contribution is -2.65. The number of carbonyl (C=O) groups is 3. The van der Waals surface area contributed by atoms with Crippen molar-refractivity contribution in [2.24, 2.45) is 23.5 Å². The van der Waals surface area contributed by atoms with Gasteiger partial charge in [-0.3, -0.25) is 24.2 Å². The van der Waals surface area contributed by atoms with Crippen LogP contribution in [0, 0.1) is 17.8 Å². The van der Waals surface area contributed by atoms with E-state index in [0.717, 1.165) is 37.2 Å². The number of amides is 1. The van der Waals surface area contributed by atoms with Gasteiger partial charge in [-0.1, -0.05) is 13.3 Å². The zero-order valence-corrected chi connectivity index (χ0v) is 25.7. The first-order valence-corrected chi connectivity index (χ1v) is 15.2. The third-order valence-corrected chi connectivity index (χ3v) is 9.65. The van der Waals surface area contributed by atoms with Crippen LogP contribution in [-0.4, -0.2) is 101 Å². The van der Waals surface area contributed by atoms with Crippen molar-refractivity contribution in [3.63, 3.8) is 0 Å². The number of nitrogens with two attached hydrogens (primary N) is 1. The van der Waals surface area contributed by atoms with Crippen LogP contribution >= 0.6 is 0 Å². The minimum absolute atomic E-state index is 0.0634. The van der Waals surface area contributed by atoms with Crippen LogP contribution in [-0.2, 0) is 27.3 Å². The summed E-state index contributed by atoms with van der Waals surface area (Å²) in [6, 6.07) is 0.534. The lowest BCUT2D eigenvalue weighted by atomic mass is 9.57. The summed E-state index contributed by atoms with van der Waals surface area (Å²) < 4.78 is 0. The number of aliphatic hydroxyl groups excluding tert-OH is 2. The summed E-state index contributed by atoms with van der Waals surface area (Å²) in [5, 5.41) is 45.8. The highest BCUT2D eigenvalue weighted by atomic mass is 16.3. The number of hydrogen-bond donors (Lipinski definition) is 5. The smallest absolute Gasteiger partial charge is 0.255 e. The maximum absolute atomic E-state index is 14.1. The fourth-order valence-corrected chi connectivity index (χ4v) is 7.57. The molecule has 11 nitrogen and oxygen atoms in total. The molecular weight excluding hydrogens is 552 g/mol. The Morgan fingerprint density at radius 2 is 1.79 bits per heavy atom. The molecule has 6 N–H and O–H groups in total. The van der Waals surface area contributed by atoms with Gasteiger partial charge in [-0.25, -0.2) is 0 Å². The molecule has 0 spiro atoms. The molecule has 1 aromatic carbocycles. The van der Waals surface area contributed by atoms with E-state index in [4.69, 9.17) is 5.73 Å². The minimum Gasteiger partial charge on any atom is -0.508 e. The van der Waals surface area contributed by atoms with E-state index in [9.17, 15) is 34.8 Å². The number of hydrogen-bond acceptors (Lipinski definition) is 10. The van der Waals surface area contributed by atoms with Crippen LogP contribution in [0.3, 0.4) is 0 Å². The molecule has 0 saturated heterocycles. The molecule has 2 fully saturated rings. The first-order chi connectivity index (χ1) is 20.2. The summed E-state index contributed by atoms with van der Waals surface area (Å²) in [7, 11) is 7.00. The summed E-state index contributed by atoms with van der Waals surface area (Å²) in [5.41, 5.74) is 4.38. The molecule has 4 aliphatic carbocycles. The molecule has 43 heavy (non-hydrogen) atoms. The van der Waals surface area contributed by atoms with Gasteiger partial charge in [0.05, 0.1) is 11.6 Å². The Kier molecular flexibility index (Phi) is 8.12. The van der Waals surface area contributed by atoms with E-state index in [0.29, 0.717) is 18.0 Å². The molecular formula is C32H44N4O7. The van der Waals surface area contributed by atoms with Gasteiger partial charge in [0, 0.05) is 44.4 Å².